The fourth-order valence-electron chi connectivity index (χ4n) is 1.97. The van der Waals surface area contributed by atoms with Gasteiger partial charge in [-0.15, -0.1) is 6.58 Å². The van der Waals surface area contributed by atoms with Crippen molar-refractivity contribution in [1.82, 2.24) is 0 Å². The largest absolute Gasteiger partial charge is 0.419 e. The monoisotopic (exact) mass is 320 g/mol. The molecule has 1 saturated heterocycles. The molecule has 2 rings (SSSR count). The zero-order chi connectivity index (χ0) is 17.0. The Morgan fingerprint density at radius 1 is 1.26 bits per heavy atom. The summed E-state index contributed by atoms with van der Waals surface area (Å²) in [6.45, 7) is 6.84. The third-order valence-corrected chi connectivity index (χ3v) is 3.00. The van der Waals surface area contributed by atoms with Crippen molar-refractivity contribution >= 4 is 18.0 Å². The third kappa shape index (κ3) is 4.26. The number of ether oxygens (including phenoxy) is 3. The summed E-state index contributed by atoms with van der Waals surface area (Å²) < 4.78 is 29.1. The van der Waals surface area contributed by atoms with E-state index in [9.17, 15) is 14.0 Å². The lowest BCUT2D eigenvalue weighted by Crippen LogP contribution is -2.41. The smallest absolute Gasteiger partial charge is 0.348 e. The Bertz CT molecular complexity index is 654. The van der Waals surface area contributed by atoms with Crippen LogP contribution >= 0.6 is 0 Å². The van der Waals surface area contributed by atoms with Gasteiger partial charge in [0.15, 0.2) is 0 Å². The summed E-state index contributed by atoms with van der Waals surface area (Å²) in [6, 6.07) is 4.30. The number of benzene rings is 1. The van der Waals surface area contributed by atoms with Crippen molar-refractivity contribution in [2.24, 2.45) is 0 Å². The quantitative estimate of drug-likeness (QED) is 0.274. The van der Waals surface area contributed by atoms with Gasteiger partial charge in [-0.1, -0.05) is 18.2 Å². The molecule has 0 radical (unpaired) electrons. The molecule has 23 heavy (non-hydrogen) atoms. The molecular formula is C17H17FO5. The topological polar surface area (TPSA) is 61.8 Å². The van der Waals surface area contributed by atoms with Crippen LogP contribution in [-0.4, -0.2) is 24.3 Å². The maximum atomic E-state index is 14.0. The second-order valence-electron chi connectivity index (χ2n) is 5.39. The molecule has 0 atom stereocenters. The number of hydrogen-bond donors (Lipinski definition) is 0. The molecule has 5 nitrogen and oxygen atoms in total. The van der Waals surface area contributed by atoms with Gasteiger partial charge in [0.2, 0.25) is 0 Å². The zero-order valence-corrected chi connectivity index (χ0v) is 12.9. The van der Waals surface area contributed by atoms with Crippen LogP contribution in [0.15, 0.2) is 36.4 Å². The standard InChI is InChI=1S/C17H17FO5/c1-4-7-21-10-12-6-5-11(9-14(12)18)8-13-15(19)22-17(2,3)23-16(13)20/h4-6,8-9H,1,7,10H2,2-3H3. The normalized spacial score (nSPS) is 16.6. The fraction of sp³-hybridized carbons (Fsp3) is 0.294. The molecule has 1 aliphatic heterocycles. The first kappa shape index (κ1) is 16.9. The van der Waals surface area contributed by atoms with Gasteiger partial charge >= 0.3 is 11.9 Å². The Kier molecular flexibility index (Phi) is 4.95. The average molecular weight is 320 g/mol. The van der Waals surface area contributed by atoms with Crippen molar-refractivity contribution in [1.29, 1.82) is 0 Å². The highest BCUT2D eigenvalue weighted by Crippen LogP contribution is 2.24. The van der Waals surface area contributed by atoms with Gasteiger partial charge in [-0.05, 0) is 17.7 Å². The van der Waals surface area contributed by atoms with E-state index in [1.165, 1.54) is 32.1 Å². The predicted molar refractivity (Wildman–Crippen MR) is 80.5 cm³/mol. The van der Waals surface area contributed by atoms with Crippen LogP contribution in [-0.2, 0) is 30.4 Å². The van der Waals surface area contributed by atoms with Crippen molar-refractivity contribution in [3.05, 3.63) is 53.4 Å². The second-order valence-corrected chi connectivity index (χ2v) is 5.39. The van der Waals surface area contributed by atoms with Gasteiger partial charge in [0.1, 0.15) is 11.4 Å². The Morgan fingerprint density at radius 2 is 1.91 bits per heavy atom. The number of cyclic esters (lactones) is 2. The Labute approximate surface area is 133 Å². The first-order valence-electron chi connectivity index (χ1n) is 6.98. The van der Waals surface area contributed by atoms with E-state index in [0.717, 1.165) is 0 Å². The number of esters is 2. The molecule has 6 heteroatoms. The lowest BCUT2D eigenvalue weighted by atomic mass is 10.1. The molecule has 1 aromatic carbocycles. The van der Waals surface area contributed by atoms with Gasteiger partial charge in [-0.2, -0.15) is 0 Å². The number of hydrogen-bond acceptors (Lipinski definition) is 5. The minimum atomic E-state index is -1.30. The second kappa shape index (κ2) is 6.75. The molecule has 0 aromatic heterocycles. The van der Waals surface area contributed by atoms with E-state index in [1.807, 2.05) is 0 Å². The number of carbonyl (C=O) groups excluding carboxylic acids is 2. The van der Waals surface area contributed by atoms with E-state index in [2.05, 4.69) is 6.58 Å². The summed E-state index contributed by atoms with van der Waals surface area (Å²) in [5, 5.41) is 0. The number of rotatable bonds is 5. The number of halogens is 1. The first-order chi connectivity index (χ1) is 10.8. The molecule has 1 aliphatic rings. The molecule has 1 fully saturated rings. The highest BCUT2D eigenvalue weighted by molar-refractivity contribution is 6.18. The summed E-state index contributed by atoms with van der Waals surface area (Å²) in [5.74, 6) is -3.40. The van der Waals surface area contributed by atoms with Gasteiger partial charge in [-0.3, -0.25) is 0 Å². The van der Waals surface area contributed by atoms with Crippen LogP contribution in [0.5, 0.6) is 0 Å². The predicted octanol–water partition coefficient (Wildman–Crippen LogP) is 2.75. The molecule has 0 unspecified atom stereocenters. The Hall–Kier alpha value is -2.47. The Balaban J connectivity index is 2.19. The van der Waals surface area contributed by atoms with Crippen molar-refractivity contribution in [3.63, 3.8) is 0 Å². The molecule has 1 aromatic rings. The lowest BCUT2D eigenvalue weighted by molar-refractivity contribution is -0.222. The highest BCUT2D eigenvalue weighted by Gasteiger charge is 2.38. The molecular weight excluding hydrogens is 303 g/mol. The molecule has 0 spiro atoms. The van der Waals surface area contributed by atoms with Crippen LogP contribution in [0.3, 0.4) is 0 Å². The molecule has 0 saturated carbocycles. The maximum Gasteiger partial charge on any atom is 0.348 e. The summed E-state index contributed by atoms with van der Waals surface area (Å²) >= 11 is 0. The van der Waals surface area contributed by atoms with E-state index in [0.29, 0.717) is 17.7 Å². The summed E-state index contributed by atoms with van der Waals surface area (Å²) in [6.07, 6.45) is 2.80. The highest BCUT2D eigenvalue weighted by atomic mass is 19.1. The SMILES string of the molecule is C=CCOCc1ccc(C=C2C(=O)OC(C)(C)OC2=O)cc1F. The molecule has 122 valence electrons. The summed E-state index contributed by atoms with van der Waals surface area (Å²) in [5.41, 5.74) is 0.432. The van der Waals surface area contributed by atoms with Crippen LogP contribution in [0.4, 0.5) is 4.39 Å². The zero-order valence-electron chi connectivity index (χ0n) is 12.9. The van der Waals surface area contributed by atoms with E-state index in [-0.39, 0.29) is 12.2 Å². The van der Waals surface area contributed by atoms with Crippen molar-refractivity contribution in [3.8, 4) is 0 Å². The average Bonchev–Trinajstić information content (AvgIpc) is 2.44. The Morgan fingerprint density at radius 3 is 2.48 bits per heavy atom. The van der Waals surface area contributed by atoms with E-state index >= 15 is 0 Å². The van der Waals surface area contributed by atoms with E-state index in [1.54, 1.807) is 12.1 Å². The van der Waals surface area contributed by atoms with Gasteiger partial charge in [0.25, 0.3) is 5.79 Å². The number of carbonyl (C=O) groups is 2. The van der Waals surface area contributed by atoms with Gasteiger partial charge in [0.05, 0.1) is 13.2 Å². The van der Waals surface area contributed by atoms with Crippen molar-refractivity contribution < 1.29 is 28.2 Å². The van der Waals surface area contributed by atoms with Gasteiger partial charge in [-0.25, -0.2) is 14.0 Å². The molecule has 1 heterocycles. The first-order valence-corrected chi connectivity index (χ1v) is 6.98. The molecule has 0 bridgehead atoms. The molecule has 0 aliphatic carbocycles. The van der Waals surface area contributed by atoms with Crippen LogP contribution < -0.4 is 0 Å². The maximum absolute atomic E-state index is 14.0. The van der Waals surface area contributed by atoms with Crippen molar-refractivity contribution in [2.45, 2.75) is 26.2 Å². The van der Waals surface area contributed by atoms with Gasteiger partial charge in [0, 0.05) is 19.4 Å². The summed E-state index contributed by atoms with van der Waals surface area (Å²) in [7, 11) is 0. The summed E-state index contributed by atoms with van der Waals surface area (Å²) in [4.78, 5) is 23.7. The third-order valence-electron chi connectivity index (χ3n) is 3.00. The van der Waals surface area contributed by atoms with Crippen molar-refractivity contribution in [2.75, 3.05) is 6.61 Å². The minimum absolute atomic E-state index is 0.104. The lowest BCUT2D eigenvalue weighted by Gasteiger charge is -2.29. The molecule has 0 amide bonds. The van der Waals surface area contributed by atoms with Crippen LogP contribution in [0, 0.1) is 5.82 Å². The minimum Gasteiger partial charge on any atom is -0.419 e. The van der Waals surface area contributed by atoms with E-state index in [4.69, 9.17) is 14.2 Å². The van der Waals surface area contributed by atoms with E-state index < -0.39 is 23.5 Å². The molecule has 0 N–H and O–H groups in total. The fourth-order valence-corrected chi connectivity index (χ4v) is 1.97. The van der Waals surface area contributed by atoms with Crippen LogP contribution in [0.1, 0.15) is 25.0 Å². The van der Waals surface area contributed by atoms with Crippen LogP contribution in [0.2, 0.25) is 0 Å². The van der Waals surface area contributed by atoms with Gasteiger partial charge < -0.3 is 14.2 Å². The van der Waals surface area contributed by atoms with Crippen LogP contribution in [0.25, 0.3) is 6.08 Å².